The fraction of sp³-hybridized carbons (Fsp3) is 0.500. The molecule has 17 heavy (non-hydrogen) atoms. The van der Waals surface area contributed by atoms with Gasteiger partial charge in [-0.25, -0.2) is 8.42 Å². The van der Waals surface area contributed by atoms with Gasteiger partial charge in [-0.15, -0.1) is 0 Å². The number of hydrogen-bond donors (Lipinski definition) is 1. The van der Waals surface area contributed by atoms with Crippen molar-refractivity contribution < 1.29 is 13.3 Å². The first-order valence-corrected chi connectivity index (χ1v) is 7.26. The Morgan fingerprint density at radius 1 is 1.29 bits per heavy atom. The number of benzene rings is 1. The zero-order valence-electron chi connectivity index (χ0n) is 10.6. The van der Waals surface area contributed by atoms with E-state index < -0.39 is 10.0 Å². The van der Waals surface area contributed by atoms with Crippen LogP contribution >= 0.6 is 0 Å². The molecular formula is C12H20N2O2S. The van der Waals surface area contributed by atoms with E-state index >= 15 is 0 Å². The third-order valence-corrected chi connectivity index (χ3v) is 3.61. The van der Waals surface area contributed by atoms with Crippen LogP contribution in [0.2, 0.25) is 0 Å². The van der Waals surface area contributed by atoms with Crippen molar-refractivity contribution in [2.75, 3.05) is 27.2 Å². The molecule has 0 spiro atoms. The molecule has 96 valence electrons. The van der Waals surface area contributed by atoms with E-state index in [1.54, 1.807) is 0 Å². The fourth-order valence-electron chi connectivity index (χ4n) is 1.47. The lowest BCUT2D eigenvalue weighted by Crippen LogP contribution is -3.06. The predicted molar refractivity (Wildman–Crippen MR) is 69.7 cm³/mol. The van der Waals surface area contributed by atoms with E-state index in [1.165, 1.54) is 4.90 Å². The molecule has 0 aromatic heterocycles. The van der Waals surface area contributed by atoms with Crippen molar-refractivity contribution in [1.29, 1.82) is 0 Å². The van der Waals surface area contributed by atoms with Crippen molar-refractivity contribution in [3.8, 4) is 0 Å². The molecule has 4 nitrogen and oxygen atoms in total. The fourth-order valence-corrected chi connectivity index (χ4v) is 2.53. The first-order valence-electron chi connectivity index (χ1n) is 5.65. The van der Waals surface area contributed by atoms with Gasteiger partial charge in [0.1, 0.15) is 0 Å². The summed E-state index contributed by atoms with van der Waals surface area (Å²) >= 11 is 0. The van der Waals surface area contributed by atoms with Gasteiger partial charge in [-0.3, -0.25) is 0 Å². The Morgan fingerprint density at radius 2 is 2.00 bits per heavy atom. The van der Waals surface area contributed by atoms with Crippen LogP contribution in [-0.2, 0) is 15.8 Å². The second kappa shape index (κ2) is 6.14. The van der Waals surface area contributed by atoms with E-state index in [0.717, 1.165) is 17.7 Å². The third kappa shape index (κ3) is 5.81. The van der Waals surface area contributed by atoms with Crippen LogP contribution < -0.4 is 4.90 Å². The predicted octanol–water partition coefficient (Wildman–Crippen LogP) is 0.343. The number of sulfonamides is 1. The van der Waals surface area contributed by atoms with Gasteiger partial charge in [0.2, 0.25) is 0 Å². The molecule has 0 amide bonds. The molecule has 0 saturated heterocycles. The summed E-state index contributed by atoms with van der Waals surface area (Å²) in [5.74, 6) is -0.00254. The number of likely N-dealkylation sites (N-methyl/N-ethyl adjacent to an activating group) is 1. The quantitative estimate of drug-likeness (QED) is 0.798. The molecule has 1 N–H and O–H groups in total. The van der Waals surface area contributed by atoms with Crippen molar-refractivity contribution in [1.82, 2.24) is 0 Å². The van der Waals surface area contributed by atoms with E-state index in [1.807, 2.05) is 45.3 Å². The standard InChI is InChI=1S/C12H19N2O2S/c1-11-5-4-6-12(9-11)10-17(15,16)13-7-8-14(2)3/h4-6,9H,7-8,10H2,1-3H3/q-1/p+1. The Balaban J connectivity index is 2.55. The molecule has 0 atom stereocenters. The minimum absolute atomic E-state index is 0.00254. The number of nitrogens with one attached hydrogen (secondary N) is 1. The van der Waals surface area contributed by atoms with Crippen LogP contribution in [0.5, 0.6) is 0 Å². The average Bonchev–Trinajstić information content (AvgIpc) is 2.15. The molecule has 0 aliphatic carbocycles. The van der Waals surface area contributed by atoms with Crippen LogP contribution in [0.3, 0.4) is 0 Å². The highest BCUT2D eigenvalue weighted by Gasteiger charge is 2.02. The Bertz CT molecular complexity index is 455. The second-order valence-corrected chi connectivity index (χ2v) is 6.24. The smallest absolute Gasteiger partial charge is 0.0765 e. The van der Waals surface area contributed by atoms with Crippen LogP contribution in [0.25, 0.3) is 4.72 Å². The highest BCUT2D eigenvalue weighted by Crippen LogP contribution is 2.12. The Labute approximate surface area is 104 Å². The van der Waals surface area contributed by atoms with Crippen molar-refractivity contribution in [3.63, 3.8) is 0 Å². The summed E-state index contributed by atoms with van der Waals surface area (Å²) in [5.41, 5.74) is 1.86. The Hall–Kier alpha value is -0.910. The van der Waals surface area contributed by atoms with Gasteiger partial charge in [0.15, 0.2) is 0 Å². The van der Waals surface area contributed by atoms with Crippen molar-refractivity contribution in [2.24, 2.45) is 0 Å². The second-order valence-electron chi connectivity index (χ2n) is 4.53. The molecule has 0 saturated carbocycles. The highest BCUT2D eigenvalue weighted by molar-refractivity contribution is 7.93. The summed E-state index contributed by atoms with van der Waals surface area (Å²) in [6.45, 7) is 3.03. The summed E-state index contributed by atoms with van der Waals surface area (Å²) in [6, 6.07) is 7.51. The van der Waals surface area contributed by atoms with Gasteiger partial charge < -0.3 is 9.62 Å². The molecule has 0 radical (unpaired) electrons. The van der Waals surface area contributed by atoms with Gasteiger partial charge in [-0.2, -0.15) is 0 Å². The maximum absolute atomic E-state index is 11.7. The van der Waals surface area contributed by atoms with Crippen LogP contribution in [0.4, 0.5) is 0 Å². The van der Waals surface area contributed by atoms with Crippen molar-refractivity contribution >= 4 is 10.0 Å². The first kappa shape index (κ1) is 14.2. The lowest BCUT2D eigenvalue weighted by atomic mass is 10.2. The molecule has 0 aliphatic rings. The van der Waals surface area contributed by atoms with Gasteiger partial charge in [-0.05, 0) is 12.5 Å². The molecule has 1 rings (SSSR count). The molecule has 0 heterocycles. The summed E-state index contributed by atoms with van der Waals surface area (Å²) < 4.78 is 27.2. The van der Waals surface area contributed by atoms with Crippen LogP contribution in [0, 0.1) is 6.92 Å². The largest absolute Gasteiger partial charge is 0.544 e. The van der Waals surface area contributed by atoms with E-state index in [2.05, 4.69) is 4.72 Å². The SMILES string of the molecule is Cc1cccc(CS(=O)(=O)[N-]CC[NH+](C)C)c1. The van der Waals surface area contributed by atoms with Crippen molar-refractivity contribution in [3.05, 3.63) is 40.1 Å². The first-order chi connectivity index (χ1) is 7.89. The number of aryl methyl sites for hydroxylation is 1. The van der Waals surface area contributed by atoms with E-state index in [0.29, 0.717) is 6.54 Å². The van der Waals surface area contributed by atoms with Gasteiger partial charge >= 0.3 is 0 Å². The zero-order valence-corrected chi connectivity index (χ0v) is 11.4. The Kier molecular flexibility index (Phi) is 5.11. The lowest BCUT2D eigenvalue weighted by molar-refractivity contribution is -0.856. The van der Waals surface area contributed by atoms with Gasteiger partial charge in [0.05, 0.1) is 36.4 Å². The maximum Gasteiger partial charge on any atom is 0.0765 e. The molecule has 0 aliphatic heterocycles. The van der Waals surface area contributed by atoms with E-state index in [-0.39, 0.29) is 5.75 Å². The summed E-state index contributed by atoms with van der Waals surface area (Å²) in [5, 5.41) is 0. The summed E-state index contributed by atoms with van der Waals surface area (Å²) in [6.07, 6.45) is 0. The Morgan fingerprint density at radius 3 is 2.59 bits per heavy atom. The van der Waals surface area contributed by atoms with Crippen LogP contribution in [0.15, 0.2) is 24.3 Å². The topological polar surface area (TPSA) is 52.7 Å². The zero-order chi connectivity index (χ0) is 12.9. The van der Waals surface area contributed by atoms with Crippen LogP contribution in [-0.4, -0.2) is 35.6 Å². The van der Waals surface area contributed by atoms with Crippen LogP contribution in [0.1, 0.15) is 11.1 Å². The summed E-state index contributed by atoms with van der Waals surface area (Å²) in [4.78, 5) is 1.19. The van der Waals surface area contributed by atoms with Gasteiger partial charge in [-0.1, -0.05) is 36.4 Å². The summed E-state index contributed by atoms with van der Waals surface area (Å²) in [7, 11) is 0.614. The lowest BCUT2D eigenvalue weighted by Gasteiger charge is -2.20. The number of quaternary nitrogens is 1. The third-order valence-electron chi connectivity index (χ3n) is 2.33. The number of hydrogen-bond acceptors (Lipinski definition) is 2. The van der Waals surface area contributed by atoms with Gasteiger partial charge in [0.25, 0.3) is 0 Å². The molecule has 0 fully saturated rings. The maximum atomic E-state index is 11.7. The highest BCUT2D eigenvalue weighted by atomic mass is 32.2. The van der Waals surface area contributed by atoms with Crippen molar-refractivity contribution in [2.45, 2.75) is 12.7 Å². The van der Waals surface area contributed by atoms with E-state index in [4.69, 9.17) is 0 Å². The normalized spacial score (nSPS) is 12.0. The average molecular weight is 256 g/mol. The number of rotatable bonds is 6. The molecule has 0 unspecified atom stereocenters. The molecule has 0 bridgehead atoms. The number of nitrogens with zero attached hydrogens (tertiary/aromatic N) is 1. The molecule has 1 aromatic rings. The minimum Gasteiger partial charge on any atom is -0.544 e. The van der Waals surface area contributed by atoms with E-state index in [9.17, 15) is 8.42 Å². The molecular weight excluding hydrogens is 236 g/mol. The monoisotopic (exact) mass is 256 g/mol. The molecule has 5 heteroatoms. The molecule has 1 aromatic carbocycles. The minimum atomic E-state index is -3.34. The van der Waals surface area contributed by atoms with Gasteiger partial charge in [0, 0.05) is 0 Å².